The molecule has 1 aliphatic rings. The number of ether oxygens (including phenoxy) is 2. The summed E-state index contributed by atoms with van der Waals surface area (Å²) in [5.41, 5.74) is 0.489. The highest BCUT2D eigenvalue weighted by Gasteiger charge is 2.18. The fraction of sp³-hybridized carbons (Fsp3) is 0.588. The standard InChI is InChI=1S/C17H25ClF2N4O2.HI/c1-3-21-17(23-10-14-11-24(2)6-7-25-14)22-9-12-8-13(18)4-5-15(12)26-16(19)20;/h4-5,8,14,16H,3,6-7,9-11H2,1-2H3,(H2,21,22,23);1H. The zero-order valence-electron chi connectivity index (χ0n) is 15.4. The summed E-state index contributed by atoms with van der Waals surface area (Å²) in [5, 5.41) is 6.79. The smallest absolute Gasteiger partial charge is 0.387 e. The van der Waals surface area contributed by atoms with Gasteiger partial charge in [0.1, 0.15) is 5.75 Å². The predicted molar refractivity (Wildman–Crippen MR) is 114 cm³/mol. The molecule has 10 heteroatoms. The number of likely N-dealkylation sites (N-methyl/N-ethyl adjacent to an activating group) is 1. The van der Waals surface area contributed by atoms with E-state index in [9.17, 15) is 8.78 Å². The highest BCUT2D eigenvalue weighted by Crippen LogP contribution is 2.25. The van der Waals surface area contributed by atoms with Crippen molar-refractivity contribution in [1.29, 1.82) is 0 Å². The van der Waals surface area contributed by atoms with Crippen molar-refractivity contribution in [2.75, 3.05) is 39.8 Å². The number of benzene rings is 1. The molecule has 1 heterocycles. The van der Waals surface area contributed by atoms with Crippen LogP contribution in [-0.2, 0) is 11.3 Å². The molecule has 1 saturated heterocycles. The zero-order chi connectivity index (χ0) is 18.9. The van der Waals surface area contributed by atoms with Gasteiger partial charge in [0.15, 0.2) is 5.96 Å². The lowest BCUT2D eigenvalue weighted by atomic mass is 10.2. The third kappa shape index (κ3) is 8.75. The Labute approximate surface area is 180 Å². The van der Waals surface area contributed by atoms with E-state index in [1.165, 1.54) is 12.1 Å². The van der Waals surface area contributed by atoms with E-state index >= 15 is 0 Å². The molecule has 27 heavy (non-hydrogen) atoms. The molecule has 0 aromatic heterocycles. The topological polar surface area (TPSA) is 58.1 Å². The summed E-state index contributed by atoms with van der Waals surface area (Å²) in [5.74, 6) is 0.647. The summed E-state index contributed by atoms with van der Waals surface area (Å²) < 4.78 is 35.3. The van der Waals surface area contributed by atoms with Gasteiger partial charge < -0.3 is 25.0 Å². The van der Waals surface area contributed by atoms with Crippen molar-refractivity contribution in [2.45, 2.75) is 26.2 Å². The molecule has 1 aromatic carbocycles. The van der Waals surface area contributed by atoms with Gasteiger partial charge in [-0.15, -0.1) is 24.0 Å². The molecule has 1 aromatic rings. The number of nitrogens with one attached hydrogen (secondary N) is 2. The lowest BCUT2D eigenvalue weighted by Crippen LogP contribution is -2.48. The van der Waals surface area contributed by atoms with Crippen LogP contribution >= 0.6 is 35.6 Å². The number of nitrogens with zero attached hydrogens (tertiary/aromatic N) is 2. The quantitative estimate of drug-likeness (QED) is 0.330. The van der Waals surface area contributed by atoms with Crippen LogP contribution in [0.5, 0.6) is 5.75 Å². The van der Waals surface area contributed by atoms with Crippen molar-refractivity contribution in [2.24, 2.45) is 4.99 Å². The second-order valence-corrected chi connectivity index (χ2v) is 6.40. The van der Waals surface area contributed by atoms with E-state index in [0.29, 0.717) is 36.2 Å². The van der Waals surface area contributed by atoms with Gasteiger partial charge in [-0.3, -0.25) is 0 Å². The Hall–Kier alpha value is -0.910. The molecule has 0 aliphatic carbocycles. The van der Waals surface area contributed by atoms with Gasteiger partial charge in [0.25, 0.3) is 0 Å². The minimum Gasteiger partial charge on any atom is -0.434 e. The summed E-state index contributed by atoms with van der Waals surface area (Å²) >= 11 is 5.96. The SMILES string of the molecule is CCNC(=NCc1cc(Cl)ccc1OC(F)F)NCC1CN(C)CCO1.I. The van der Waals surface area contributed by atoms with Crippen LogP contribution in [0.25, 0.3) is 0 Å². The van der Waals surface area contributed by atoms with Crippen molar-refractivity contribution >= 4 is 41.5 Å². The molecule has 0 radical (unpaired) electrons. The van der Waals surface area contributed by atoms with Crippen LogP contribution in [0.3, 0.4) is 0 Å². The van der Waals surface area contributed by atoms with Crippen molar-refractivity contribution in [3.63, 3.8) is 0 Å². The van der Waals surface area contributed by atoms with E-state index in [2.05, 4.69) is 32.3 Å². The predicted octanol–water partition coefficient (Wildman–Crippen LogP) is 2.95. The summed E-state index contributed by atoms with van der Waals surface area (Å²) in [6, 6.07) is 4.50. The second kappa shape index (κ2) is 12.5. The van der Waals surface area contributed by atoms with Crippen molar-refractivity contribution in [3.8, 4) is 5.75 Å². The maximum atomic E-state index is 12.5. The molecule has 2 N–H and O–H groups in total. The Kier molecular flexibility index (Phi) is 11.2. The molecule has 0 spiro atoms. The van der Waals surface area contributed by atoms with E-state index in [-0.39, 0.29) is 42.4 Å². The first-order valence-corrected chi connectivity index (χ1v) is 8.91. The molecule has 0 saturated carbocycles. The van der Waals surface area contributed by atoms with Crippen LogP contribution in [0.4, 0.5) is 8.78 Å². The fourth-order valence-electron chi connectivity index (χ4n) is 2.59. The Morgan fingerprint density at radius 2 is 2.22 bits per heavy atom. The molecule has 1 atom stereocenters. The van der Waals surface area contributed by atoms with Crippen LogP contribution in [0.2, 0.25) is 5.02 Å². The first kappa shape index (κ1) is 24.1. The highest BCUT2D eigenvalue weighted by molar-refractivity contribution is 14.0. The normalized spacial score (nSPS) is 18.1. The van der Waals surface area contributed by atoms with Crippen LogP contribution in [-0.4, -0.2) is 63.4 Å². The molecule has 154 valence electrons. The lowest BCUT2D eigenvalue weighted by Gasteiger charge is -2.30. The number of morpholine rings is 1. The van der Waals surface area contributed by atoms with Crippen LogP contribution < -0.4 is 15.4 Å². The molecule has 0 amide bonds. The van der Waals surface area contributed by atoms with Gasteiger partial charge in [0.05, 0.1) is 19.3 Å². The summed E-state index contributed by atoms with van der Waals surface area (Å²) in [7, 11) is 2.05. The van der Waals surface area contributed by atoms with Gasteiger partial charge in [0, 0.05) is 36.8 Å². The maximum Gasteiger partial charge on any atom is 0.387 e. The van der Waals surface area contributed by atoms with E-state index in [1.807, 2.05) is 6.92 Å². The Morgan fingerprint density at radius 1 is 1.44 bits per heavy atom. The van der Waals surface area contributed by atoms with Crippen molar-refractivity contribution in [1.82, 2.24) is 15.5 Å². The molecule has 2 rings (SSSR count). The Morgan fingerprint density at radius 3 is 2.89 bits per heavy atom. The number of hydrogen-bond donors (Lipinski definition) is 2. The van der Waals surface area contributed by atoms with E-state index in [0.717, 1.165) is 13.1 Å². The average Bonchev–Trinajstić information content (AvgIpc) is 2.59. The van der Waals surface area contributed by atoms with Crippen molar-refractivity contribution < 1.29 is 18.3 Å². The average molecular weight is 519 g/mol. The molecular formula is C17H26ClF2IN4O2. The Balaban J connectivity index is 0.00000364. The van der Waals surface area contributed by atoms with Gasteiger partial charge in [-0.25, -0.2) is 4.99 Å². The summed E-state index contributed by atoms with van der Waals surface area (Å²) in [6.07, 6.45) is 0.0708. The summed E-state index contributed by atoms with van der Waals surface area (Å²) in [6.45, 7) is 2.95. The number of alkyl halides is 2. The minimum absolute atomic E-state index is 0. The summed E-state index contributed by atoms with van der Waals surface area (Å²) in [4.78, 5) is 6.65. The van der Waals surface area contributed by atoms with Crippen LogP contribution in [0.1, 0.15) is 12.5 Å². The molecule has 1 aliphatic heterocycles. The first-order valence-electron chi connectivity index (χ1n) is 8.53. The first-order chi connectivity index (χ1) is 12.5. The number of halogens is 4. The lowest BCUT2D eigenvalue weighted by molar-refractivity contribution is -0.0504. The monoisotopic (exact) mass is 518 g/mol. The minimum atomic E-state index is -2.90. The fourth-order valence-corrected chi connectivity index (χ4v) is 2.78. The highest BCUT2D eigenvalue weighted by atomic mass is 127. The van der Waals surface area contributed by atoms with E-state index < -0.39 is 6.61 Å². The second-order valence-electron chi connectivity index (χ2n) is 5.96. The van der Waals surface area contributed by atoms with Crippen molar-refractivity contribution in [3.05, 3.63) is 28.8 Å². The third-order valence-electron chi connectivity index (χ3n) is 3.83. The number of rotatable bonds is 7. The molecule has 1 fully saturated rings. The maximum absolute atomic E-state index is 12.5. The number of aliphatic imine (C=N–C) groups is 1. The number of guanidine groups is 1. The number of hydrogen-bond acceptors (Lipinski definition) is 4. The van der Waals surface area contributed by atoms with Crippen LogP contribution in [0.15, 0.2) is 23.2 Å². The molecular weight excluding hydrogens is 493 g/mol. The Bertz CT molecular complexity index is 610. The van der Waals surface area contributed by atoms with Gasteiger partial charge in [-0.1, -0.05) is 11.6 Å². The molecule has 0 bridgehead atoms. The molecule has 1 unspecified atom stereocenters. The molecule has 6 nitrogen and oxygen atoms in total. The van der Waals surface area contributed by atoms with E-state index in [4.69, 9.17) is 16.3 Å². The zero-order valence-corrected chi connectivity index (χ0v) is 18.5. The van der Waals surface area contributed by atoms with Gasteiger partial charge >= 0.3 is 6.61 Å². The van der Waals surface area contributed by atoms with Gasteiger partial charge in [-0.05, 0) is 32.2 Å². The largest absolute Gasteiger partial charge is 0.434 e. The van der Waals surface area contributed by atoms with Gasteiger partial charge in [-0.2, -0.15) is 8.78 Å². The van der Waals surface area contributed by atoms with Gasteiger partial charge in [0.2, 0.25) is 0 Å². The third-order valence-corrected chi connectivity index (χ3v) is 4.06. The van der Waals surface area contributed by atoms with E-state index in [1.54, 1.807) is 6.07 Å². The van der Waals surface area contributed by atoms with Crippen LogP contribution in [0, 0.1) is 0 Å².